The van der Waals surface area contributed by atoms with Gasteiger partial charge in [0.2, 0.25) is 0 Å². The third kappa shape index (κ3) is 5.76. The number of nitrogens with zero attached hydrogens (tertiary/aromatic N) is 1. The summed E-state index contributed by atoms with van der Waals surface area (Å²) in [5.74, 6) is -1.87. The van der Waals surface area contributed by atoms with Gasteiger partial charge in [-0.3, -0.25) is 15.0 Å². The molecule has 0 amide bonds. The summed E-state index contributed by atoms with van der Waals surface area (Å²) >= 11 is 0. The van der Waals surface area contributed by atoms with Crippen molar-refractivity contribution >= 4 is 29.6 Å². The second-order valence-corrected chi connectivity index (χ2v) is 3.87. The highest BCUT2D eigenvalue weighted by Crippen LogP contribution is 2.09. The molecule has 0 atom stereocenters. The molecule has 0 bridgehead atoms. The second kappa shape index (κ2) is 7.67. The van der Waals surface area contributed by atoms with E-state index in [2.05, 4.69) is 10.5 Å². The minimum Gasteiger partial charge on any atom is -0.478 e. The Balaban J connectivity index is 2.32. The quantitative estimate of drug-likeness (QED) is 0.337. The van der Waals surface area contributed by atoms with Crippen LogP contribution in [0.1, 0.15) is 23.7 Å². The molecule has 1 aromatic rings. The highest BCUT2D eigenvalue weighted by atomic mass is 16.5. The Morgan fingerprint density at radius 2 is 1.95 bits per heavy atom. The maximum absolute atomic E-state index is 11.0. The number of benzene rings is 1. The third-order valence-electron chi connectivity index (χ3n) is 2.13. The third-order valence-corrected chi connectivity index (χ3v) is 2.13. The smallest absolute Gasteiger partial charge is 0.335 e. The number of anilines is 1. The van der Waals surface area contributed by atoms with Crippen LogP contribution < -0.4 is 5.43 Å². The number of hydrogen-bond acceptors (Lipinski definition) is 6. The summed E-state index contributed by atoms with van der Waals surface area (Å²) in [5, 5.41) is 12.5. The zero-order valence-corrected chi connectivity index (χ0v) is 10.8. The van der Waals surface area contributed by atoms with Crippen molar-refractivity contribution in [1.29, 1.82) is 0 Å². The molecule has 20 heavy (non-hydrogen) atoms. The van der Waals surface area contributed by atoms with Crippen molar-refractivity contribution in [2.24, 2.45) is 5.10 Å². The van der Waals surface area contributed by atoms with Gasteiger partial charge in [0.25, 0.3) is 0 Å². The second-order valence-electron chi connectivity index (χ2n) is 3.87. The average molecular weight is 278 g/mol. The van der Waals surface area contributed by atoms with Crippen molar-refractivity contribution in [2.75, 3.05) is 12.0 Å². The van der Waals surface area contributed by atoms with Gasteiger partial charge in [-0.05, 0) is 31.2 Å². The minimum absolute atomic E-state index is 0.0493. The molecule has 1 aromatic carbocycles. The molecule has 0 saturated heterocycles. The van der Waals surface area contributed by atoms with Crippen LogP contribution in [0.5, 0.6) is 0 Å². The lowest BCUT2D eigenvalue weighted by atomic mass is 10.2. The van der Waals surface area contributed by atoms with E-state index in [1.165, 1.54) is 25.3 Å². The van der Waals surface area contributed by atoms with Crippen LogP contribution in [0.25, 0.3) is 0 Å². The molecule has 0 heterocycles. The lowest BCUT2D eigenvalue weighted by Crippen LogP contribution is -2.10. The van der Waals surface area contributed by atoms with Crippen LogP contribution in [0.3, 0.4) is 0 Å². The molecular formula is C13H14N2O5. The first kappa shape index (κ1) is 15.4. The van der Waals surface area contributed by atoms with Crippen LogP contribution in [-0.4, -0.2) is 35.6 Å². The Bertz CT molecular complexity index is 522. The van der Waals surface area contributed by atoms with Crippen LogP contribution in [0.4, 0.5) is 5.69 Å². The van der Waals surface area contributed by atoms with Gasteiger partial charge < -0.3 is 9.84 Å². The highest BCUT2D eigenvalue weighted by molar-refractivity contribution is 5.94. The number of carbonyl (C=O) groups excluding carboxylic acids is 2. The van der Waals surface area contributed by atoms with Gasteiger partial charge in [0.1, 0.15) is 18.8 Å². The number of nitrogens with one attached hydrogen (secondary N) is 1. The molecule has 0 spiro atoms. The van der Waals surface area contributed by atoms with Gasteiger partial charge in [0, 0.05) is 0 Å². The number of hydrazone groups is 1. The average Bonchev–Trinajstić information content (AvgIpc) is 2.38. The number of rotatable bonds is 7. The lowest BCUT2D eigenvalue weighted by Gasteiger charge is -2.01. The molecule has 0 aromatic heterocycles. The molecule has 7 nitrogen and oxygen atoms in total. The predicted octanol–water partition coefficient (Wildman–Crippen LogP) is 1.30. The number of Topliss-reactive ketones (excluding diaryl/α,β-unsaturated/α-hetero) is 1. The van der Waals surface area contributed by atoms with Crippen molar-refractivity contribution < 1.29 is 24.2 Å². The molecular weight excluding hydrogens is 264 g/mol. The number of hydrogen-bond donors (Lipinski definition) is 2. The highest BCUT2D eigenvalue weighted by Gasteiger charge is 2.04. The predicted molar refractivity (Wildman–Crippen MR) is 71.8 cm³/mol. The molecule has 0 aliphatic rings. The first-order valence-electron chi connectivity index (χ1n) is 5.75. The van der Waals surface area contributed by atoms with Gasteiger partial charge in [-0.15, -0.1) is 0 Å². The number of ketones is 1. The van der Waals surface area contributed by atoms with Crippen molar-refractivity contribution in [2.45, 2.75) is 13.3 Å². The Kier molecular flexibility index (Phi) is 5.89. The van der Waals surface area contributed by atoms with Gasteiger partial charge in [-0.1, -0.05) is 0 Å². The number of aromatic carboxylic acids is 1. The molecule has 1 rings (SSSR count). The summed E-state index contributed by atoms with van der Waals surface area (Å²) in [6, 6.07) is 5.99. The van der Waals surface area contributed by atoms with E-state index in [0.717, 1.165) is 0 Å². The maximum atomic E-state index is 11.0. The first-order chi connectivity index (χ1) is 9.49. The zero-order chi connectivity index (χ0) is 15.0. The minimum atomic E-state index is -1.00. The summed E-state index contributed by atoms with van der Waals surface area (Å²) in [6.07, 6.45) is 1.07. The Morgan fingerprint density at radius 1 is 1.30 bits per heavy atom. The Morgan fingerprint density at radius 3 is 2.50 bits per heavy atom. The van der Waals surface area contributed by atoms with Gasteiger partial charge >= 0.3 is 11.9 Å². The monoisotopic (exact) mass is 278 g/mol. The van der Waals surface area contributed by atoms with Crippen molar-refractivity contribution in [3.63, 3.8) is 0 Å². The topological polar surface area (TPSA) is 105 Å². The fourth-order valence-corrected chi connectivity index (χ4v) is 1.23. The van der Waals surface area contributed by atoms with E-state index < -0.39 is 11.9 Å². The molecule has 0 fully saturated rings. The number of esters is 1. The molecule has 2 N–H and O–H groups in total. The molecule has 0 aliphatic carbocycles. The summed E-state index contributed by atoms with van der Waals surface area (Å²) < 4.78 is 4.71. The van der Waals surface area contributed by atoms with Gasteiger partial charge in [-0.25, -0.2) is 4.79 Å². The van der Waals surface area contributed by atoms with Crippen molar-refractivity contribution in [3.8, 4) is 0 Å². The number of carboxylic acid groups (broad SMARTS) is 1. The molecule has 106 valence electrons. The van der Waals surface area contributed by atoms with Gasteiger partial charge in [-0.2, -0.15) is 5.10 Å². The van der Waals surface area contributed by atoms with Crippen LogP contribution in [-0.2, 0) is 14.3 Å². The number of carbonyl (C=O) groups is 3. The Labute approximate surface area is 115 Å². The van der Waals surface area contributed by atoms with E-state index in [-0.39, 0.29) is 24.4 Å². The van der Waals surface area contributed by atoms with E-state index >= 15 is 0 Å². The largest absolute Gasteiger partial charge is 0.478 e. The first-order valence-corrected chi connectivity index (χ1v) is 5.75. The van der Waals surface area contributed by atoms with Crippen molar-refractivity contribution in [1.82, 2.24) is 0 Å². The van der Waals surface area contributed by atoms with E-state index in [4.69, 9.17) is 9.84 Å². The van der Waals surface area contributed by atoms with Crippen LogP contribution in [0.15, 0.2) is 29.4 Å². The fraction of sp³-hybridized carbons (Fsp3) is 0.231. The fourth-order valence-electron chi connectivity index (χ4n) is 1.23. The van der Waals surface area contributed by atoms with Crippen LogP contribution in [0.2, 0.25) is 0 Å². The van der Waals surface area contributed by atoms with E-state index in [1.807, 2.05) is 0 Å². The lowest BCUT2D eigenvalue weighted by molar-refractivity contribution is -0.144. The van der Waals surface area contributed by atoms with Crippen molar-refractivity contribution in [3.05, 3.63) is 29.8 Å². The molecule has 0 radical (unpaired) electrons. The van der Waals surface area contributed by atoms with Crippen LogP contribution >= 0.6 is 0 Å². The van der Waals surface area contributed by atoms with Gasteiger partial charge in [0.05, 0.1) is 17.5 Å². The van der Waals surface area contributed by atoms with E-state index in [9.17, 15) is 14.4 Å². The molecule has 0 saturated carbocycles. The molecule has 0 unspecified atom stereocenters. The Hall–Kier alpha value is -2.70. The SMILES string of the molecule is CC(=O)CC(=O)OC/C=N\Nc1ccc(C(=O)O)cc1. The maximum Gasteiger partial charge on any atom is 0.335 e. The molecule has 0 aliphatic heterocycles. The van der Waals surface area contributed by atoms with Gasteiger partial charge in [0.15, 0.2) is 0 Å². The number of ether oxygens (including phenoxy) is 1. The van der Waals surface area contributed by atoms with Crippen LogP contribution in [0, 0.1) is 0 Å². The van der Waals surface area contributed by atoms with E-state index in [1.54, 1.807) is 12.1 Å². The normalized spacial score (nSPS) is 10.2. The molecule has 7 heteroatoms. The number of carboxylic acids is 1. The standard InChI is InChI=1S/C13H14N2O5/c1-9(16)8-12(17)20-7-6-14-15-11-4-2-10(3-5-11)13(18)19/h2-6,15H,7-8H2,1H3,(H,18,19)/b14-6-. The summed E-state index contributed by atoms with van der Waals surface area (Å²) in [5.41, 5.74) is 3.42. The summed E-state index contributed by atoms with van der Waals surface area (Å²) in [6.45, 7) is 1.25. The summed E-state index contributed by atoms with van der Waals surface area (Å²) in [4.78, 5) is 32.3. The summed E-state index contributed by atoms with van der Waals surface area (Å²) in [7, 11) is 0. The zero-order valence-electron chi connectivity index (χ0n) is 10.8. The van der Waals surface area contributed by atoms with E-state index in [0.29, 0.717) is 5.69 Å².